The molecule has 0 spiro atoms. The Kier molecular flexibility index (Phi) is 7.18. The Hall–Kier alpha value is -0.420. The van der Waals surface area contributed by atoms with Crippen molar-refractivity contribution in [1.82, 2.24) is 0 Å². The summed E-state index contributed by atoms with van der Waals surface area (Å²) in [6.45, 7) is 0. The van der Waals surface area contributed by atoms with E-state index in [0.717, 1.165) is 64.2 Å². The molecule has 0 bridgehead atoms. The van der Waals surface area contributed by atoms with Gasteiger partial charge < -0.3 is 5.73 Å². The zero-order valence-electron chi connectivity index (χ0n) is 15.7. The van der Waals surface area contributed by atoms with Gasteiger partial charge in [0.05, 0.1) is 12.1 Å². The average molecular weight is 394 g/mol. The third-order valence-corrected chi connectivity index (χ3v) is 9.71. The third-order valence-electron chi connectivity index (χ3n) is 7.64. The van der Waals surface area contributed by atoms with Gasteiger partial charge in [0, 0.05) is 22.6 Å². The Balaban J connectivity index is 1.82. The highest BCUT2D eigenvalue weighted by Gasteiger charge is 2.52. The van der Waals surface area contributed by atoms with E-state index < -0.39 is 0 Å². The van der Waals surface area contributed by atoms with Crippen molar-refractivity contribution in [3.8, 4) is 12.1 Å². The summed E-state index contributed by atoms with van der Waals surface area (Å²) >= 11 is 0. The van der Waals surface area contributed by atoms with E-state index in [4.69, 9.17) is 16.4 Å². The average Bonchev–Trinajstić information content (AvgIpc) is 2.71. The molecule has 3 aliphatic rings. The second kappa shape index (κ2) is 9.18. The van der Waals surface area contributed by atoms with Crippen molar-refractivity contribution in [2.24, 2.45) is 35.3 Å². The largest absolute Gasteiger partial charge is 0.328 e. The van der Waals surface area contributed by atoms with E-state index in [1.54, 1.807) is 11.0 Å². The van der Waals surface area contributed by atoms with Crippen LogP contribution >= 0.6 is 21.7 Å². The molecule has 0 saturated heterocycles. The molecule has 0 aromatic heterocycles. The minimum atomic E-state index is 0.114. The van der Waals surface area contributed by atoms with Crippen LogP contribution in [-0.4, -0.2) is 10.8 Å². The summed E-state index contributed by atoms with van der Waals surface area (Å²) in [5, 5.41) is 18.6. The Bertz CT molecular complexity index is 496. The number of nitrogens with two attached hydrogens (primary N) is 1. The summed E-state index contributed by atoms with van der Waals surface area (Å²) in [4.78, 5) is 0. The molecular formula is C21H32ClN3S. The van der Waals surface area contributed by atoms with Crippen LogP contribution in [0.15, 0.2) is 0 Å². The van der Waals surface area contributed by atoms with Crippen molar-refractivity contribution >= 4 is 21.7 Å². The van der Waals surface area contributed by atoms with Gasteiger partial charge in [-0.25, -0.2) is 0 Å². The quantitative estimate of drug-likeness (QED) is 0.655. The van der Waals surface area contributed by atoms with E-state index in [0.29, 0.717) is 23.8 Å². The topological polar surface area (TPSA) is 73.6 Å². The number of hydrogen-bond acceptors (Lipinski definition) is 4. The summed E-state index contributed by atoms with van der Waals surface area (Å²) in [6, 6.07) is 5.31. The molecule has 0 unspecified atom stereocenters. The smallest absolute Gasteiger partial charge is 0.0655 e. The van der Waals surface area contributed by atoms with Crippen molar-refractivity contribution in [2.45, 2.75) is 87.8 Å². The second-order valence-corrected chi connectivity index (χ2v) is 10.2. The molecule has 0 heterocycles. The van der Waals surface area contributed by atoms with Crippen LogP contribution in [0.1, 0.15) is 77.0 Å². The summed E-state index contributed by atoms with van der Waals surface area (Å²) < 4.78 is 0.114. The molecule has 144 valence electrons. The highest BCUT2D eigenvalue weighted by Crippen LogP contribution is 2.59. The SMILES string of the molecule is N#CC1CCC(C(SCl)(C2CCC(N)CC2)C2CCC(C#N)CC2)CC1. The number of nitriles is 2. The number of halogens is 1. The van der Waals surface area contributed by atoms with Gasteiger partial charge in [-0.15, -0.1) is 0 Å². The van der Waals surface area contributed by atoms with Gasteiger partial charge in [0.25, 0.3) is 0 Å². The number of hydrogen-bond donors (Lipinski definition) is 1. The summed E-state index contributed by atoms with van der Waals surface area (Å²) in [5.74, 6) is 2.32. The lowest BCUT2D eigenvalue weighted by molar-refractivity contribution is 0.0869. The molecule has 2 N–H and O–H groups in total. The molecule has 3 aliphatic carbocycles. The van der Waals surface area contributed by atoms with Crippen LogP contribution in [0.4, 0.5) is 0 Å². The van der Waals surface area contributed by atoms with Crippen LogP contribution in [0.2, 0.25) is 0 Å². The van der Waals surface area contributed by atoms with Crippen LogP contribution in [0, 0.1) is 52.3 Å². The van der Waals surface area contributed by atoms with Gasteiger partial charge in [0.1, 0.15) is 0 Å². The molecule has 3 fully saturated rings. The van der Waals surface area contributed by atoms with E-state index in [1.165, 1.54) is 12.8 Å². The van der Waals surface area contributed by atoms with Crippen LogP contribution in [0.5, 0.6) is 0 Å². The van der Waals surface area contributed by atoms with Crippen molar-refractivity contribution in [3.05, 3.63) is 0 Å². The Morgan fingerprint density at radius 2 is 1.04 bits per heavy atom. The molecule has 3 nitrogen and oxygen atoms in total. The fourth-order valence-corrected chi connectivity index (χ4v) is 8.33. The number of nitrogens with zero attached hydrogens (tertiary/aromatic N) is 2. The van der Waals surface area contributed by atoms with E-state index in [9.17, 15) is 10.5 Å². The lowest BCUT2D eigenvalue weighted by Gasteiger charge is -2.53. The molecule has 0 aliphatic heterocycles. The summed E-state index contributed by atoms with van der Waals surface area (Å²) in [6.07, 6.45) is 13.3. The van der Waals surface area contributed by atoms with Gasteiger partial charge in [-0.05, 0) is 116 Å². The normalized spacial score (nSPS) is 40.8. The molecule has 0 aromatic rings. The zero-order chi connectivity index (χ0) is 18.6. The summed E-state index contributed by atoms with van der Waals surface area (Å²) in [7, 11) is 8.38. The van der Waals surface area contributed by atoms with Gasteiger partial charge >= 0.3 is 0 Å². The first-order chi connectivity index (χ1) is 12.6. The zero-order valence-corrected chi connectivity index (χ0v) is 17.3. The predicted molar refractivity (Wildman–Crippen MR) is 108 cm³/mol. The van der Waals surface area contributed by atoms with Crippen molar-refractivity contribution in [1.29, 1.82) is 10.5 Å². The maximum absolute atomic E-state index is 9.29. The van der Waals surface area contributed by atoms with Crippen molar-refractivity contribution < 1.29 is 0 Å². The van der Waals surface area contributed by atoms with Crippen LogP contribution in [0.25, 0.3) is 0 Å². The lowest BCUT2D eigenvalue weighted by Crippen LogP contribution is -2.51. The number of rotatable bonds is 4. The van der Waals surface area contributed by atoms with Gasteiger partial charge in [0.2, 0.25) is 0 Å². The minimum Gasteiger partial charge on any atom is -0.328 e. The second-order valence-electron chi connectivity index (χ2n) is 8.90. The molecule has 3 saturated carbocycles. The molecule has 5 heteroatoms. The van der Waals surface area contributed by atoms with Gasteiger partial charge in [0.15, 0.2) is 0 Å². The van der Waals surface area contributed by atoms with E-state index >= 15 is 0 Å². The maximum Gasteiger partial charge on any atom is 0.0655 e. The predicted octanol–water partition coefficient (Wildman–Crippen LogP) is 5.79. The van der Waals surface area contributed by atoms with E-state index in [2.05, 4.69) is 12.1 Å². The highest BCUT2D eigenvalue weighted by atomic mass is 35.7. The monoisotopic (exact) mass is 393 g/mol. The fourth-order valence-electron chi connectivity index (χ4n) is 6.11. The van der Waals surface area contributed by atoms with Crippen LogP contribution in [-0.2, 0) is 0 Å². The molecule has 0 aromatic carbocycles. The standard InChI is InChI=1S/C21H32ClN3S/c22-26-21(19-9-11-20(25)12-10-19,17-5-1-15(13-23)2-6-17)18-7-3-16(14-24)4-8-18/h15-20H,1-12,25H2. The maximum atomic E-state index is 9.29. The van der Waals surface area contributed by atoms with Crippen LogP contribution in [0.3, 0.4) is 0 Å². The molecular weight excluding hydrogens is 362 g/mol. The Morgan fingerprint density at radius 1 is 0.692 bits per heavy atom. The van der Waals surface area contributed by atoms with Gasteiger partial charge in [-0.2, -0.15) is 10.5 Å². The molecule has 0 radical (unpaired) electrons. The highest BCUT2D eigenvalue weighted by molar-refractivity contribution is 8.22. The first-order valence-corrected chi connectivity index (χ1v) is 12.1. The van der Waals surface area contributed by atoms with E-state index in [-0.39, 0.29) is 16.6 Å². The molecule has 0 atom stereocenters. The first-order valence-electron chi connectivity index (χ1n) is 10.5. The van der Waals surface area contributed by atoms with Gasteiger partial charge in [-0.3, -0.25) is 0 Å². The lowest BCUT2D eigenvalue weighted by atomic mass is 9.59. The van der Waals surface area contributed by atoms with Crippen molar-refractivity contribution in [2.75, 3.05) is 0 Å². The Morgan fingerprint density at radius 3 is 1.35 bits per heavy atom. The summed E-state index contributed by atoms with van der Waals surface area (Å²) in [5.41, 5.74) is 6.20. The first kappa shape index (κ1) is 20.3. The van der Waals surface area contributed by atoms with Gasteiger partial charge in [-0.1, -0.05) is 0 Å². The molecule has 0 amide bonds. The molecule has 3 rings (SSSR count). The van der Waals surface area contributed by atoms with Crippen molar-refractivity contribution in [3.63, 3.8) is 0 Å². The third kappa shape index (κ3) is 4.04. The molecule has 26 heavy (non-hydrogen) atoms. The van der Waals surface area contributed by atoms with Crippen LogP contribution < -0.4 is 5.73 Å². The minimum absolute atomic E-state index is 0.114. The Labute approximate surface area is 167 Å². The van der Waals surface area contributed by atoms with E-state index in [1.807, 2.05) is 0 Å². The fraction of sp³-hybridized carbons (Fsp3) is 0.905.